The molecular formula is C15H16ClNOS. The van der Waals surface area contributed by atoms with Gasteiger partial charge in [0.2, 0.25) is 0 Å². The van der Waals surface area contributed by atoms with Gasteiger partial charge in [-0.1, -0.05) is 36.9 Å². The van der Waals surface area contributed by atoms with Crippen LogP contribution in [0.5, 0.6) is 0 Å². The first-order chi connectivity index (χ1) is 9.17. The summed E-state index contributed by atoms with van der Waals surface area (Å²) in [6.45, 7) is 9.04. The number of halogens is 1. The zero-order valence-electron chi connectivity index (χ0n) is 10.6. The minimum atomic E-state index is -0.351. The molecule has 19 heavy (non-hydrogen) atoms. The van der Waals surface area contributed by atoms with Crippen molar-refractivity contribution in [1.29, 1.82) is 0 Å². The summed E-state index contributed by atoms with van der Waals surface area (Å²) in [6.07, 6.45) is 5.31. The fourth-order valence-electron chi connectivity index (χ4n) is 2.34. The molecule has 4 heteroatoms. The van der Waals surface area contributed by atoms with Gasteiger partial charge in [0.15, 0.2) is 0 Å². The molecule has 1 atom stereocenters. The summed E-state index contributed by atoms with van der Waals surface area (Å²) in [5.74, 6) is 0. The maximum atomic E-state index is 11.5. The average Bonchev–Trinajstić information content (AvgIpc) is 2.85. The molecular weight excluding hydrogens is 278 g/mol. The second kappa shape index (κ2) is 6.33. The Kier molecular flexibility index (Phi) is 4.75. The molecule has 0 amide bonds. The Balaban J connectivity index is 2.24. The lowest BCUT2D eigenvalue weighted by Crippen LogP contribution is -2.41. The monoisotopic (exact) mass is 293 g/mol. The van der Waals surface area contributed by atoms with Crippen molar-refractivity contribution in [2.24, 2.45) is 0 Å². The van der Waals surface area contributed by atoms with Gasteiger partial charge in [-0.25, -0.2) is 0 Å². The molecule has 1 aromatic heterocycles. The van der Waals surface area contributed by atoms with E-state index >= 15 is 0 Å². The third kappa shape index (κ3) is 3.06. The van der Waals surface area contributed by atoms with E-state index in [1.807, 2.05) is 0 Å². The van der Waals surface area contributed by atoms with E-state index < -0.39 is 0 Å². The standard InChI is InChI=1S/C15H16ClNOS/c1-3-4-13(11(2)16)14(10-18)17-7-5-15-12(9-17)6-8-19-15/h3-4,6,8,10,14H,1-2,5,7,9H2/b13-4+. The molecule has 0 N–H and O–H groups in total. The van der Waals surface area contributed by atoms with Gasteiger partial charge in [-0.3, -0.25) is 4.90 Å². The minimum absolute atomic E-state index is 0.351. The molecule has 0 saturated carbocycles. The highest BCUT2D eigenvalue weighted by Gasteiger charge is 2.27. The van der Waals surface area contributed by atoms with E-state index in [1.54, 1.807) is 23.5 Å². The van der Waals surface area contributed by atoms with Crippen LogP contribution in [0.15, 0.2) is 47.4 Å². The molecule has 0 radical (unpaired) electrons. The van der Waals surface area contributed by atoms with Gasteiger partial charge in [-0.2, -0.15) is 0 Å². The molecule has 0 spiro atoms. The molecule has 0 saturated heterocycles. The zero-order valence-corrected chi connectivity index (χ0v) is 12.2. The maximum absolute atomic E-state index is 11.5. The maximum Gasteiger partial charge on any atom is 0.141 e. The van der Waals surface area contributed by atoms with Gasteiger partial charge >= 0.3 is 0 Å². The molecule has 1 aliphatic rings. The summed E-state index contributed by atoms with van der Waals surface area (Å²) in [5.41, 5.74) is 2.03. The summed E-state index contributed by atoms with van der Waals surface area (Å²) < 4.78 is 0. The number of fused-ring (bicyclic) bond motifs is 1. The van der Waals surface area contributed by atoms with Gasteiger partial charge in [0, 0.05) is 23.0 Å². The van der Waals surface area contributed by atoms with Crippen molar-refractivity contribution in [1.82, 2.24) is 4.90 Å². The van der Waals surface area contributed by atoms with Crippen LogP contribution in [-0.4, -0.2) is 23.8 Å². The Morgan fingerprint density at radius 3 is 3.00 bits per heavy atom. The van der Waals surface area contributed by atoms with E-state index in [9.17, 15) is 4.79 Å². The smallest absolute Gasteiger partial charge is 0.141 e. The van der Waals surface area contributed by atoms with E-state index in [2.05, 4.69) is 29.5 Å². The normalized spacial score (nSPS) is 17.6. The van der Waals surface area contributed by atoms with Crippen LogP contribution in [0.25, 0.3) is 0 Å². The van der Waals surface area contributed by atoms with Crippen molar-refractivity contribution in [2.45, 2.75) is 19.0 Å². The molecule has 1 unspecified atom stereocenters. The van der Waals surface area contributed by atoms with Gasteiger partial charge in [0.05, 0.1) is 6.04 Å². The predicted octanol–water partition coefficient (Wildman–Crippen LogP) is 3.54. The number of nitrogens with zero attached hydrogens (tertiary/aromatic N) is 1. The Hall–Kier alpha value is -1.16. The van der Waals surface area contributed by atoms with E-state index in [1.165, 1.54) is 10.4 Å². The first-order valence-electron chi connectivity index (χ1n) is 6.09. The van der Waals surface area contributed by atoms with Gasteiger partial charge < -0.3 is 4.79 Å². The van der Waals surface area contributed by atoms with Crippen LogP contribution in [0.4, 0.5) is 0 Å². The third-order valence-corrected chi connectivity index (χ3v) is 4.53. The summed E-state index contributed by atoms with van der Waals surface area (Å²) in [5, 5.41) is 2.50. The van der Waals surface area contributed by atoms with E-state index in [0.717, 1.165) is 31.4 Å². The largest absolute Gasteiger partial charge is 0.301 e. The van der Waals surface area contributed by atoms with Crippen LogP contribution in [-0.2, 0) is 17.8 Å². The molecule has 2 heterocycles. The number of aldehydes is 1. The number of carbonyl (C=O) groups is 1. The van der Waals surface area contributed by atoms with Gasteiger partial charge in [-0.05, 0) is 29.0 Å². The molecule has 0 aromatic carbocycles. The van der Waals surface area contributed by atoms with Gasteiger partial charge in [-0.15, -0.1) is 11.3 Å². The van der Waals surface area contributed by atoms with Crippen molar-refractivity contribution < 1.29 is 4.79 Å². The van der Waals surface area contributed by atoms with Crippen molar-refractivity contribution in [3.05, 3.63) is 57.8 Å². The van der Waals surface area contributed by atoms with Gasteiger partial charge in [0.1, 0.15) is 6.29 Å². The topological polar surface area (TPSA) is 20.3 Å². The van der Waals surface area contributed by atoms with E-state index in [-0.39, 0.29) is 6.04 Å². The Morgan fingerprint density at radius 2 is 2.37 bits per heavy atom. The summed E-state index contributed by atoms with van der Waals surface area (Å²) in [4.78, 5) is 15.0. The Bertz CT molecular complexity index is 532. The van der Waals surface area contributed by atoms with Crippen molar-refractivity contribution in [3.8, 4) is 0 Å². The minimum Gasteiger partial charge on any atom is -0.301 e. The van der Waals surface area contributed by atoms with Crippen LogP contribution in [0.2, 0.25) is 0 Å². The fourth-order valence-corrected chi connectivity index (χ4v) is 3.40. The SMILES string of the molecule is C=C/C=C(\C(=C)Cl)C(C=O)N1CCc2sccc2C1. The molecule has 0 aliphatic carbocycles. The molecule has 1 aliphatic heterocycles. The molecule has 100 valence electrons. The number of thiophene rings is 1. The Morgan fingerprint density at radius 1 is 1.58 bits per heavy atom. The molecule has 0 fully saturated rings. The zero-order chi connectivity index (χ0) is 13.8. The lowest BCUT2D eigenvalue weighted by Gasteiger charge is -2.32. The van der Waals surface area contributed by atoms with Crippen molar-refractivity contribution >= 4 is 29.2 Å². The number of allylic oxidation sites excluding steroid dienone is 2. The summed E-state index contributed by atoms with van der Waals surface area (Å²) in [6, 6.07) is 1.77. The van der Waals surface area contributed by atoms with Crippen LogP contribution < -0.4 is 0 Å². The van der Waals surface area contributed by atoms with Gasteiger partial charge in [0.25, 0.3) is 0 Å². The van der Waals surface area contributed by atoms with E-state index in [4.69, 9.17) is 11.6 Å². The van der Waals surface area contributed by atoms with E-state index in [0.29, 0.717) is 5.03 Å². The summed E-state index contributed by atoms with van der Waals surface area (Å²) in [7, 11) is 0. The predicted molar refractivity (Wildman–Crippen MR) is 81.6 cm³/mol. The lowest BCUT2D eigenvalue weighted by atomic mass is 10.0. The number of hydrogen-bond acceptors (Lipinski definition) is 3. The number of hydrogen-bond donors (Lipinski definition) is 0. The molecule has 2 nitrogen and oxygen atoms in total. The van der Waals surface area contributed by atoms with Crippen LogP contribution in [0.1, 0.15) is 10.4 Å². The quantitative estimate of drug-likeness (QED) is 0.611. The molecule has 0 bridgehead atoms. The first kappa shape index (κ1) is 14.3. The Labute approximate surface area is 122 Å². The highest BCUT2D eigenvalue weighted by atomic mass is 35.5. The number of carbonyl (C=O) groups excluding carboxylic acids is 1. The molecule has 2 rings (SSSR count). The number of rotatable bonds is 5. The fraction of sp³-hybridized carbons (Fsp3) is 0.267. The van der Waals surface area contributed by atoms with Crippen molar-refractivity contribution in [3.63, 3.8) is 0 Å². The second-order valence-corrected chi connectivity index (χ2v) is 5.89. The summed E-state index contributed by atoms with van der Waals surface area (Å²) >= 11 is 7.78. The highest BCUT2D eigenvalue weighted by molar-refractivity contribution is 7.10. The van der Waals surface area contributed by atoms with Crippen LogP contribution in [0, 0.1) is 0 Å². The average molecular weight is 294 g/mol. The highest BCUT2D eigenvalue weighted by Crippen LogP contribution is 2.28. The van der Waals surface area contributed by atoms with Crippen LogP contribution >= 0.6 is 22.9 Å². The third-order valence-electron chi connectivity index (χ3n) is 3.29. The van der Waals surface area contributed by atoms with Crippen LogP contribution in [0.3, 0.4) is 0 Å². The second-order valence-electron chi connectivity index (χ2n) is 4.43. The lowest BCUT2D eigenvalue weighted by molar-refractivity contribution is -0.111. The first-order valence-corrected chi connectivity index (χ1v) is 7.35. The van der Waals surface area contributed by atoms with Crippen molar-refractivity contribution in [2.75, 3.05) is 6.54 Å². The molecule has 1 aromatic rings.